The Hall–Kier alpha value is -2.21. The lowest BCUT2D eigenvalue weighted by Gasteiger charge is -2.06. The van der Waals surface area contributed by atoms with Crippen molar-refractivity contribution in [1.82, 2.24) is 14.9 Å². The molecule has 0 atom stereocenters. The smallest absolute Gasteiger partial charge is 0.319 e. The lowest BCUT2D eigenvalue weighted by atomic mass is 10.1. The van der Waals surface area contributed by atoms with Crippen molar-refractivity contribution >= 4 is 23.3 Å². The Morgan fingerprint density at radius 2 is 2.17 bits per heavy atom. The Bertz CT molecular complexity index is 522. The van der Waals surface area contributed by atoms with Crippen molar-refractivity contribution in [3.63, 3.8) is 0 Å². The minimum absolute atomic E-state index is 0.252. The van der Waals surface area contributed by atoms with E-state index >= 15 is 0 Å². The first-order valence-electron chi connectivity index (χ1n) is 5.33. The quantitative estimate of drug-likeness (QED) is 0.830. The van der Waals surface area contributed by atoms with E-state index in [0.717, 1.165) is 16.9 Å². The Kier molecular flexibility index (Phi) is 4.03. The van der Waals surface area contributed by atoms with Crippen LogP contribution in [0, 0.1) is 0 Å². The molecule has 0 radical (unpaired) electrons. The zero-order valence-corrected chi connectivity index (χ0v) is 10.4. The van der Waals surface area contributed by atoms with Crippen molar-refractivity contribution in [2.45, 2.75) is 0 Å². The first kappa shape index (κ1) is 12.3. The third-order valence-corrected chi connectivity index (χ3v) is 2.71. The molecule has 1 aromatic carbocycles. The van der Waals surface area contributed by atoms with Crippen LogP contribution in [0.25, 0.3) is 11.3 Å². The van der Waals surface area contributed by atoms with Crippen molar-refractivity contribution in [3.8, 4) is 11.3 Å². The third kappa shape index (κ3) is 3.14. The predicted molar refractivity (Wildman–Crippen MR) is 72.6 cm³/mol. The molecule has 0 saturated heterocycles. The number of anilines is 1. The molecule has 92 valence electrons. The second-order valence-corrected chi connectivity index (χ2v) is 4.10. The van der Waals surface area contributed by atoms with Gasteiger partial charge >= 0.3 is 6.03 Å². The Morgan fingerprint density at radius 3 is 2.78 bits per heavy atom. The van der Waals surface area contributed by atoms with Crippen LogP contribution in [0.3, 0.4) is 0 Å². The Balaban J connectivity index is 2.00. The van der Waals surface area contributed by atoms with Gasteiger partial charge in [-0.1, -0.05) is 22.7 Å². The number of aromatic nitrogens is 2. The Labute approximate surface area is 109 Å². The van der Waals surface area contributed by atoms with Gasteiger partial charge in [-0.05, 0) is 23.7 Å². The van der Waals surface area contributed by atoms with Crippen LogP contribution in [0.5, 0.6) is 0 Å². The molecule has 18 heavy (non-hydrogen) atoms. The summed E-state index contributed by atoms with van der Waals surface area (Å²) in [4.78, 5) is 11.4. The number of hydrogen-bond acceptors (Lipinski definition) is 4. The molecule has 0 spiro atoms. The van der Waals surface area contributed by atoms with Crippen LogP contribution >= 0.6 is 11.5 Å². The summed E-state index contributed by atoms with van der Waals surface area (Å²) in [6, 6.07) is 7.17. The van der Waals surface area contributed by atoms with E-state index in [2.05, 4.69) is 26.8 Å². The molecule has 2 amide bonds. The zero-order chi connectivity index (χ0) is 12.8. The summed E-state index contributed by atoms with van der Waals surface area (Å²) < 4.78 is 3.81. The molecule has 0 aliphatic carbocycles. The zero-order valence-electron chi connectivity index (χ0n) is 9.59. The number of urea groups is 1. The molecule has 6 heteroatoms. The molecule has 1 aromatic heterocycles. The largest absolute Gasteiger partial charge is 0.334 e. The summed E-state index contributed by atoms with van der Waals surface area (Å²) in [5.41, 5.74) is 2.53. The number of benzene rings is 1. The predicted octanol–water partition coefficient (Wildman–Crippen LogP) is 2.51. The molecule has 0 aliphatic rings. The highest BCUT2D eigenvalue weighted by atomic mass is 32.1. The fourth-order valence-corrected chi connectivity index (χ4v) is 1.82. The van der Waals surface area contributed by atoms with Crippen molar-refractivity contribution in [3.05, 3.63) is 42.3 Å². The van der Waals surface area contributed by atoms with Crippen LogP contribution < -0.4 is 10.6 Å². The van der Waals surface area contributed by atoms with Gasteiger partial charge in [0.05, 0.1) is 0 Å². The van der Waals surface area contributed by atoms with E-state index in [1.54, 1.807) is 6.08 Å². The van der Waals surface area contributed by atoms with Crippen LogP contribution in [-0.4, -0.2) is 22.2 Å². The van der Waals surface area contributed by atoms with Gasteiger partial charge in [-0.15, -0.1) is 11.7 Å². The summed E-state index contributed by atoms with van der Waals surface area (Å²) in [6.07, 6.45) is 1.62. The minimum atomic E-state index is -0.252. The van der Waals surface area contributed by atoms with E-state index < -0.39 is 0 Å². The molecule has 1 heterocycles. The summed E-state index contributed by atoms with van der Waals surface area (Å²) in [5.74, 6) is 0. The number of amides is 2. The van der Waals surface area contributed by atoms with Gasteiger partial charge < -0.3 is 10.6 Å². The second kappa shape index (κ2) is 5.92. The highest BCUT2D eigenvalue weighted by Gasteiger charge is 2.02. The normalized spacial score (nSPS) is 9.78. The third-order valence-electron chi connectivity index (χ3n) is 2.21. The molecule has 2 N–H and O–H groups in total. The van der Waals surface area contributed by atoms with Crippen molar-refractivity contribution in [2.75, 3.05) is 11.9 Å². The number of carbonyl (C=O) groups is 1. The fourth-order valence-electron chi connectivity index (χ4n) is 1.35. The molecule has 0 fully saturated rings. The van der Waals surface area contributed by atoms with Crippen LogP contribution in [0.15, 0.2) is 42.3 Å². The highest BCUT2D eigenvalue weighted by Crippen LogP contribution is 2.19. The number of nitrogens with zero attached hydrogens (tertiary/aromatic N) is 2. The van der Waals surface area contributed by atoms with Crippen molar-refractivity contribution in [2.24, 2.45) is 0 Å². The van der Waals surface area contributed by atoms with Gasteiger partial charge in [-0.3, -0.25) is 0 Å². The topological polar surface area (TPSA) is 66.9 Å². The lowest BCUT2D eigenvalue weighted by Crippen LogP contribution is -2.28. The molecule has 0 aliphatic heterocycles. The summed E-state index contributed by atoms with van der Waals surface area (Å²) in [5, 5.41) is 11.2. The number of nitrogens with one attached hydrogen (secondary N) is 2. The van der Waals surface area contributed by atoms with E-state index in [0.29, 0.717) is 6.54 Å². The van der Waals surface area contributed by atoms with E-state index in [9.17, 15) is 4.79 Å². The second-order valence-electron chi connectivity index (χ2n) is 3.49. The van der Waals surface area contributed by atoms with Crippen LogP contribution in [0.4, 0.5) is 10.5 Å². The summed E-state index contributed by atoms with van der Waals surface area (Å²) in [7, 11) is 0. The number of rotatable bonds is 4. The van der Waals surface area contributed by atoms with Gasteiger partial charge in [-0.2, -0.15) is 0 Å². The molecule has 2 rings (SSSR count). The average Bonchev–Trinajstić information content (AvgIpc) is 2.91. The lowest BCUT2D eigenvalue weighted by molar-refractivity contribution is 0.253. The van der Waals surface area contributed by atoms with E-state index in [4.69, 9.17) is 0 Å². The molecule has 0 unspecified atom stereocenters. The van der Waals surface area contributed by atoms with E-state index in [1.807, 2.05) is 29.6 Å². The first-order valence-corrected chi connectivity index (χ1v) is 6.16. The maximum atomic E-state index is 11.4. The molecular weight excluding hydrogens is 248 g/mol. The van der Waals surface area contributed by atoms with Gasteiger partial charge in [0.25, 0.3) is 0 Å². The van der Waals surface area contributed by atoms with E-state index in [1.165, 1.54) is 11.5 Å². The molecule has 5 nitrogen and oxygen atoms in total. The molecule has 0 bridgehead atoms. The number of carbonyl (C=O) groups excluding carboxylic acids is 1. The summed E-state index contributed by atoms with van der Waals surface area (Å²) in [6.45, 7) is 3.96. The van der Waals surface area contributed by atoms with Gasteiger partial charge in [0, 0.05) is 23.2 Å². The fraction of sp³-hybridized carbons (Fsp3) is 0.0833. The highest BCUT2D eigenvalue weighted by molar-refractivity contribution is 7.03. The van der Waals surface area contributed by atoms with Gasteiger partial charge in [0.15, 0.2) is 0 Å². The van der Waals surface area contributed by atoms with Crippen LogP contribution in [0.2, 0.25) is 0 Å². The van der Waals surface area contributed by atoms with Gasteiger partial charge in [0.2, 0.25) is 0 Å². The molecule has 2 aromatic rings. The maximum Gasteiger partial charge on any atom is 0.319 e. The molecule has 0 saturated carbocycles. The van der Waals surface area contributed by atoms with Gasteiger partial charge in [-0.25, -0.2) is 4.79 Å². The molecular formula is C12H12N4OS. The maximum absolute atomic E-state index is 11.4. The van der Waals surface area contributed by atoms with Crippen molar-refractivity contribution < 1.29 is 4.79 Å². The Morgan fingerprint density at radius 1 is 1.39 bits per heavy atom. The van der Waals surface area contributed by atoms with Crippen LogP contribution in [-0.2, 0) is 0 Å². The minimum Gasteiger partial charge on any atom is -0.334 e. The van der Waals surface area contributed by atoms with E-state index in [-0.39, 0.29) is 6.03 Å². The standard InChI is InChI=1S/C12H12N4OS/c1-2-7-13-12(17)14-10-5-3-9(4-6-10)11-8-18-16-15-11/h2-6,8H,1,7H2,(H2,13,14,17). The van der Waals surface area contributed by atoms with Crippen molar-refractivity contribution in [1.29, 1.82) is 0 Å². The average molecular weight is 260 g/mol. The van der Waals surface area contributed by atoms with Crippen LogP contribution in [0.1, 0.15) is 0 Å². The SMILES string of the molecule is C=CCNC(=O)Nc1ccc(-c2csnn2)cc1. The monoisotopic (exact) mass is 260 g/mol. The summed E-state index contributed by atoms with van der Waals surface area (Å²) >= 11 is 1.31. The van der Waals surface area contributed by atoms with Gasteiger partial charge in [0.1, 0.15) is 5.69 Å². The first-order chi connectivity index (χ1) is 8.79. The number of hydrogen-bond donors (Lipinski definition) is 2.